The van der Waals surface area contributed by atoms with Crippen molar-refractivity contribution in [3.8, 4) is 0 Å². The number of aryl methyl sites for hydroxylation is 1. The van der Waals surface area contributed by atoms with Gasteiger partial charge in [-0.25, -0.2) is 18.4 Å². The molecule has 0 spiro atoms. The van der Waals surface area contributed by atoms with Gasteiger partial charge in [0.1, 0.15) is 6.33 Å². The van der Waals surface area contributed by atoms with Gasteiger partial charge in [-0.3, -0.25) is 4.79 Å². The van der Waals surface area contributed by atoms with E-state index in [0.29, 0.717) is 25.9 Å². The molecule has 1 aromatic heterocycles. The average molecular weight is 324 g/mol. The molecule has 0 aliphatic carbocycles. The normalized spacial score (nSPS) is 25.4. The van der Waals surface area contributed by atoms with Crippen LogP contribution in [-0.4, -0.2) is 64.9 Å². The first-order valence-corrected chi connectivity index (χ1v) is 9.32. The van der Waals surface area contributed by atoms with Gasteiger partial charge in [0.05, 0.1) is 6.26 Å². The maximum Gasteiger partial charge on any atom is 0.223 e. The molecule has 2 aliphatic heterocycles. The number of rotatable bonds is 4. The fourth-order valence-electron chi connectivity index (χ4n) is 3.52. The second-order valence-corrected chi connectivity index (χ2v) is 7.85. The van der Waals surface area contributed by atoms with Crippen LogP contribution in [0, 0.1) is 0 Å². The largest absolute Gasteiger partial charge is 0.338 e. The van der Waals surface area contributed by atoms with Crippen LogP contribution in [0.15, 0.2) is 18.7 Å². The Labute approximate surface area is 130 Å². The molecular formula is C14H20N4O3S. The minimum Gasteiger partial charge on any atom is -0.338 e. The number of carbonyl (C=O) groups is 1. The summed E-state index contributed by atoms with van der Waals surface area (Å²) in [5.41, 5.74) is 0.941. The Morgan fingerprint density at radius 2 is 1.91 bits per heavy atom. The molecule has 0 unspecified atom stereocenters. The number of aromatic nitrogens is 2. The van der Waals surface area contributed by atoms with E-state index in [1.807, 2.05) is 4.90 Å². The van der Waals surface area contributed by atoms with Crippen LogP contribution in [0.25, 0.3) is 0 Å². The maximum absolute atomic E-state index is 12.4. The molecule has 22 heavy (non-hydrogen) atoms. The van der Waals surface area contributed by atoms with E-state index in [4.69, 9.17) is 0 Å². The van der Waals surface area contributed by atoms with Gasteiger partial charge in [-0.05, 0) is 24.8 Å². The molecule has 2 fully saturated rings. The standard InChI is InChI=1S/C14H20N4O3S/c1-22(20,21)18-7-5-12-13(18)4-6-17(12)14(19)3-2-11-8-15-10-16-9-11/h8-10,12-13H,2-7H2,1H3/t12-,13+/m1/s1. The number of hydrogen-bond donors (Lipinski definition) is 0. The van der Waals surface area contributed by atoms with Gasteiger partial charge in [0.25, 0.3) is 0 Å². The van der Waals surface area contributed by atoms with Crippen LogP contribution < -0.4 is 0 Å². The molecule has 0 N–H and O–H groups in total. The van der Waals surface area contributed by atoms with Crippen molar-refractivity contribution in [1.29, 1.82) is 0 Å². The molecule has 1 amide bonds. The number of amides is 1. The highest BCUT2D eigenvalue weighted by atomic mass is 32.2. The molecule has 2 atom stereocenters. The monoisotopic (exact) mass is 324 g/mol. The van der Waals surface area contributed by atoms with Gasteiger partial charge >= 0.3 is 0 Å². The summed E-state index contributed by atoms with van der Waals surface area (Å²) in [6, 6.07) is -0.00624. The van der Waals surface area contributed by atoms with Crippen molar-refractivity contribution in [2.75, 3.05) is 19.3 Å². The molecule has 3 heterocycles. The Balaban J connectivity index is 1.61. The average Bonchev–Trinajstić information content (AvgIpc) is 3.06. The van der Waals surface area contributed by atoms with Crippen LogP contribution >= 0.6 is 0 Å². The van der Waals surface area contributed by atoms with Crippen molar-refractivity contribution in [1.82, 2.24) is 19.2 Å². The smallest absolute Gasteiger partial charge is 0.223 e. The van der Waals surface area contributed by atoms with Crippen molar-refractivity contribution >= 4 is 15.9 Å². The van der Waals surface area contributed by atoms with Gasteiger partial charge in [0.15, 0.2) is 0 Å². The van der Waals surface area contributed by atoms with E-state index in [0.717, 1.165) is 18.4 Å². The second kappa shape index (κ2) is 5.92. The molecule has 3 rings (SSSR count). The Hall–Kier alpha value is -1.54. The quantitative estimate of drug-likeness (QED) is 0.781. The molecule has 2 saturated heterocycles. The first kappa shape index (κ1) is 15.4. The van der Waals surface area contributed by atoms with Crippen molar-refractivity contribution in [2.24, 2.45) is 0 Å². The number of carbonyl (C=O) groups excluding carboxylic acids is 1. The summed E-state index contributed by atoms with van der Waals surface area (Å²) in [4.78, 5) is 22.2. The van der Waals surface area contributed by atoms with Gasteiger partial charge in [-0.15, -0.1) is 0 Å². The van der Waals surface area contributed by atoms with Gasteiger partial charge in [-0.2, -0.15) is 4.31 Å². The highest BCUT2D eigenvalue weighted by Gasteiger charge is 2.47. The zero-order chi connectivity index (χ0) is 15.7. The van der Waals surface area contributed by atoms with E-state index in [-0.39, 0.29) is 18.0 Å². The summed E-state index contributed by atoms with van der Waals surface area (Å²) in [6.07, 6.45) is 8.64. The van der Waals surface area contributed by atoms with Gasteiger partial charge in [-0.1, -0.05) is 0 Å². The van der Waals surface area contributed by atoms with Crippen molar-refractivity contribution in [3.05, 3.63) is 24.3 Å². The molecule has 8 heteroatoms. The predicted octanol–water partition coefficient (Wildman–Crippen LogP) is 0.0440. The fourth-order valence-corrected chi connectivity index (χ4v) is 4.70. The van der Waals surface area contributed by atoms with Gasteiger partial charge in [0, 0.05) is 44.0 Å². The lowest BCUT2D eigenvalue weighted by Gasteiger charge is -2.24. The summed E-state index contributed by atoms with van der Waals surface area (Å²) in [5, 5.41) is 0. The number of fused-ring (bicyclic) bond motifs is 1. The summed E-state index contributed by atoms with van der Waals surface area (Å²) in [5.74, 6) is 0.0895. The van der Waals surface area contributed by atoms with Crippen LogP contribution in [0.5, 0.6) is 0 Å². The predicted molar refractivity (Wildman–Crippen MR) is 80.4 cm³/mol. The fraction of sp³-hybridized carbons (Fsp3) is 0.643. The zero-order valence-electron chi connectivity index (χ0n) is 12.6. The third kappa shape index (κ3) is 2.98. The summed E-state index contributed by atoms with van der Waals surface area (Å²) < 4.78 is 25.1. The number of hydrogen-bond acceptors (Lipinski definition) is 5. The van der Waals surface area contributed by atoms with Crippen molar-refractivity contribution in [2.45, 2.75) is 37.8 Å². The van der Waals surface area contributed by atoms with E-state index in [9.17, 15) is 13.2 Å². The van der Waals surface area contributed by atoms with Crippen LogP contribution in [0.4, 0.5) is 0 Å². The molecule has 120 valence electrons. The molecule has 0 radical (unpaired) electrons. The minimum absolute atomic E-state index is 0.0363. The highest BCUT2D eigenvalue weighted by molar-refractivity contribution is 7.88. The number of likely N-dealkylation sites (tertiary alicyclic amines) is 1. The lowest BCUT2D eigenvalue weighted by Crippen LogP contribution is -2.41. The molecule has 7 nitrogen and oxygen atoms in total. The molecule has 0 aromatic carbocycles. The topological polar surface area (TPSA) is 83.5 Å². The Morgan fingerprint density at radius 3 is 2.59 bits per heavy atom. The van der Waals surface area contributed by atoms with Crippen molar-refractivity contribution < 1.29 is 13.2 Å². The van der Waals surface area contributed by atoms with Crippen molar-refractivity contribution in [3.63, 3.8) is 0 Å². The first-order valence-electron chi connectivity index (χ1n) is 7.47. The van der Waals surface area contributed by atoms with E-state index < -0.39 is 10.0 Å². The lowest BCUT2D eigenvalue weighted by molar-refractivity contribution is -0.131. The molecule has 0 bridgehead atoms. The third-order valence-corrected chi connectivity index (χ3v) is 5.82. The second-order valence-electron chi connectivity index (χ2n) is 5.92. The summed E-state index contributed by atoms with van der Waals surface area (Å²) in [6.45, 7) is 1.16. The van der Waals surface area contributed by atoms with E-state index >= 15 is 0 Å². The summed E-state index contributed by atoms with van der Waals surface area (Å²) >= 11 is 0. The van der Waals surface area contributed by atoms with Crippen LogP contribution in [0.3, 0.4) is 0 Å². The SMILES string of the molecule is CS(=O)(=O)N1CC[C@@H]2[C@@H]1CCN2C(=O)CCc1cncnc1. The highest BCUT2D eigenvalue weighted by Crippen LogP contribution is 2.33. The van der Waals surface area contributed by atoms with E-state index in [2.05, 4.69) is 9.97 Å². The Morgan fingerprint density at radius 1 is 1.23 bits per heavy atom. The Bertz CT molecular complexity index is 649. The van der Waals surface area contributed by atoms with Crippen LogP contribution in [0.2, 0.25) is 0 Å². The number of nitrogens with zero attached hydrogens (tertiary/aromatic N) is 4. The van der Waals surface area contributed by atoms with Gasteiger partial charge in [0.2, 0.25) is 15.9 Å². The third-order valence-electron chi connectivity index (χ3n) is 4.51. The van der Waals surface area contributed by atoms with E-state index in [1.54, 1.807) is 16.7 Å². The van der Waals surface area contributed by atoms with Crippen LogP contribution in [0.1, 0.15) is 24.8 Å². The van der Waals surface area contributed by atoms with E-state index in [1.165, 1.54) is 12.6 Å². The number of sulfonamides is 1. The van der Waals surface area contributed by atoms with Gasteiger partial charge < -0.3 is 4.90 Å². The first-order chi connectivity index (χ1) is 10.5. The molecule has 1 aromatic rings. The molecule has 2 aliphatic rings. The lowest BCUT2D eigenvalue weighted by atomic mass is 10.1. The Kier molecular flexibility index (Phi) is 4.14. The molecule has 0 saturated carbocycles. The summed E-state index contributed by atoms with van der Waals surface area (Å²) in [7, 11) is -3.18. The molecular weight excluding hydrogens is 304 g/mol. The van der Waals surface area contributed by atoms with Crippen LogP contribution in [-0.2, 0) is 21.2 Å². The maximum atomic E-state index is 12.4. The zero-order valence-corrected chi connectivity index (χ0v) is 13.4. The minimum atomic E-state index is -3.18.